The molecule has 1 fully saturated rings. The zero-order valence-electron chi connectivity index (χ0n) is 13.1. The fourth-order valence-electron chi connectivity index (χ4n) is 3.04. The second-order valence-electron chi connectivity index (χ2n) is 6.46. The standard InChI is InChI=1S/C16H26N2O3/c1-13(2)12-18(10-6-9-17)14(19)11-16(15(20)21)7-4-3-5-8-16/h13H,3-8,10-12H2,1-2H3,(H,20,21). The molecule has 0 unspecified atom stereocenters. The third kappa shape index (κ3) is 5.04. The molecule has 0 heterocycles. The maximum Gasteiger partial charge on any atom is 0.310 e. The van der Waals surface area contributed by atoms with Crippen molar-refractivity contribution >= 4 is 11.9 Å². The fourth-order valence-corrected chi connectivity index (χ4v) is 3.04. The molecule has 21 heavy (non-hydrogen) atoms. The molecule has 1 aliphatic rings. The number of nitrogens with zero attached hydrogens (tertiary/aromatic N) is 2. The minimum Gasteiger partial charge on any atom is -0.481 e. The van der Waals surface area contributed by atoms with Gasteiger partial charge in [0.15, 0.2) is 0 Å². The number of carbonyl (C=O) groups is 2. The van der Waals surface area contributed by atoms with Crippen molar-refractivity contribution in [2.75, 3.05) is 13.1 Å². The molecule has 0 spiro atoms. The molecule has 0 aromatic rings. The first-order valence-corrected chi connectivity index (χ1v) is 7.79. The summed E-state index contributed by atoms with van der Waals surface area (Å²) in [5.41, 5.74) is -0.892. The van der Waals surface area contributed by atoms with Gasteiger partial charge < -0.3 is 10.0 Å². The Morgan fingerprint density at radius 3 is 2.38 bits per heavy atom. The lowest BCUT2D eigenvalue weighted by molar-refractivity contribution is -0.156. The van der Waals surface area contributed by atoms with Crippen LogP contribution in [0.25, 0.3) is 0 Å². The molecule has 1 aliphatic carbocycles. The summed E-state index contributed by atoms with van der Waals surface area (Å²) in [6.07, 6.45) is 4.33. The highest BCUT2D eigenvalue weighted by Crippen LogP contribution is 2.40. The lowest BCUT2D eigenvalue weighted by atomic mass is 9.71. The van der Waals surface area contributed by atoms with Crippen LogP contribution in [-0.4, -0.2) is 35.0 Å². The van der Waals surface area contributed by atoms with Crippen molar-refractivity contribution in [1.82, 2.24) is 4.90 Å². The Balaban J connectivity index is 2.77. The number of carboxylic acids is 1. The third-order valence-corrected chi connectivity index (χ3v) is 4.19. The average molecular weight is 294 g/mol. The minimum atomic E-state index is -0.892. The van der Waals surface area contributed by atoms with E-state index in [4.69, 9.17) is 5.26 Å². The number of aliphatic carboxylic acids is 1. The van der Waals surface area contributed by atoms with Crippen LogP contribution in [0, 0.1) is 22.7 Å². The molecule has 0 radical (unpaired) electrons. The first kappa shape index (κ1) is 17.5. The molecule has 0 aromatic heterocycles. The summed E-state index contributed by atoms with van der Waals surface area (Å²) in [4.78, 5) is 25.8. The van der Waals surface area contributed by atoms with Gasteiger partial charge in [0.05, 0.1) is 17.9 Å². The van der Waals surface area contributed by atoms with Crippen LogP contribution in [0.2, 0.25) is 0 Å². The predicted molar refractivity (Wildman–Crippen MR) is 79.4 cm³/mol. The highest BCUT2D eigenvalue weighted by Gasteiger charge is 2.42. The van der Waals surface area contributed by atoms with E-state index in [0.717, 1.165) is 19.3 Å². The summed E-state index contributed by atoms with van der Waals surface area (Å²) in [5.74, 6) is -0.664. The Morgan fingerprint density at radius 1 is 1.29 bits per heavy atom. The van der Waals surface area contributed by atoms with E-state index in [-0.39, 0.29) is 12.3 Å². The summed E-state index contributed by atoms with van der Waals surface area (Å²) in [6.45, 7) is 5.00. The number of carbonyl (C=O) groups excluding carboxylic acids is 1. The van der Waals surface area contributed by atoms with Crippen LogP contribution in [0.4, 0.5) is 0 Å². The van der Waals surface area contributed by atoms with E-state index in [0.29, 0.717) is 38.3 Å². The molecule has 1 amide bonds. The summed E-state index contributed by atoms with van der Waals surface area (Å²) >= 11 is 0. The van der Waals surface area contributed by atoms with Crippen LogP contribution in [0.1, 0.15) is 58.8 Å². The molecule has 0 atom stereocenters. The molecule has 1 N–H and O–H groups in total. The second-order valence-corrected chi connectivity index (χ2v) is 6.46. The largest absolute Gasteiger partial charge is 0.481 e. The second kappa shape index (κ2) is 8.02. The SMILES string of the molecule is CC(C)CN(CCC#N)C(=O)CC1(C(=O)O)CCCCC1. The number of carboxylic acid groups (broad SMARTS) is 1. The topological polar surface area (TPSA) is 81.4 Å². The van der Waals surface area contributed by atoms with Gasteiger partial charge >= 0.3 is 5.97 Å². The number of nitriles is 1. The smallest absolute Gasteiger partial charge is 0.310 e. The van der Waals surface area contributed by atoms with E-state index in [1.165, 1.54) is 0 Å². The normalized spacial score (nSPS) is 17.2. The lowest BCUT2D eigenvalue weighted by Crippen LogP contribution is -2.42. The first-order valence-electron chi connectivity index (χ1n) is 7.79. The summed E-state index contributed by atoms with van der Waals surface area (Å²) in [5, 5.41) is 18.3. The van der Waals surface area contributed by atoms with E-state index >= 15 is 0 Å². The Labute approximate surface area is 126 Å². The Hall–Kier alpha value is -1.57. The van der Waals surface area contributed by atoms with Gasteiger partial charge in [-0.1, -0.05) is 33.1 Å². The summed E-state index contributed by atoms with van der Waals surface area (Å²) in [6, 6.07) is 2.05. The molecule has 1 saturated carbocycles. The Bertz CT molecular complexity index is 406. The highest BCUT2D eigenvalue weighted by atomic mass is 16.4. The zero-order chi connectivity index (χ0) is 15.9. The molecule has 118 valence electrons. The van der Waals surface area contributed by atoms with Crippen molar-refractivity contribution in [2.24, 2.45) is 11.3 Å². The van der Waals surface area contributed by atoms with Crippen LogP contribution < -0.4 is 0 Å². The minimum absolute atomic E-state index is 0.0699. The zero-order valence-corrected chi connectivity index (χ0v) is 13.1. The first-order chi connectivity index (χ1) is 9.91. The van der Waals surface area contributed by atoms with E-state index in [2.05, 4.69) is 6.07 Å². The van der Waals surface area contributed by atoms with Crippen LogP contribution in [0.5, 0.6) is 0 Å². The Kier molecular flexibility index (Phi) is 6.67. The van der Waals surface area contributed by atoms with E-state index in [1.54, 1.807) is 4.90 Å². The predicted octanol–water partition coefficient (Wildman–Crippen LogP) is 2.81. The number of rotatable bonds is 7. The van der Waals surface area contributed by atoms with Crippen molar-refractivity contribution in [2.45, 2.75) is 58.8 Å². The maximum absolute atomic E-state index is 12.5. The van der Waals surface area contributed by atoms with E-state index in [9.17, 15) is 14.7 Å². The molecular weight excluding hydrogens is 268 g/mol. The Morgan fingerprint density at radius 2 is 1.90 bits per heavy atom. The van der Waals surface area contributed by atoms with Crippen molar-refractivity contribution in [3.05, 3.63) is 0 Å². The van der Waals surface area contributed by atoms with Gasteiger partial charge in [-0.25, -0.2) is 0 Å². The van der Waals surface area contributed by atoms with Gasteiger partial charge in [-0.05, 0) is 18.8 Å². The fraction of sp³-hybridized carbons (Fsp3) is 0.812. The van der Waals surface area contributed by atoms with Gasteiger partial charge in [0.1, 0.15) is 0 Å². The van der Waals surface area contributed by atoms with Crippen molar-refractivity contribution < 1.29 is 14.7 Å². The van der Waals surface area contributed by atoms with Gasteiger partial charge in [-0.3, -0.25) is 9.59 Å². The van der Waals surface area contributed by atoms with Gasteiger partial charge in [-0.2, -0.15) is 5.26 Å². The quantitative estimate of drug-likeness (QED) is 0.782. The summed E-state index contributed by atoms with van der Waals surface area (Å²) in [7, 11) is 0. The maximum atomic E-state index is 12.5. The van der Waals surface area contributed by atoms with E-state index < -0.39 is 11.4 Å². The molecule has 0 bridgehead atoms. The number of hydrogen-bond donors (Lipinski definition) is 1. The van der Waals surface area contributed by atoms with Crippen molar-refractivity contribution in [3.8, 4) is 6.07 Å². The van der Waals surface area contributed by atoms with Crippen LogP contribution in [0.3, 0.4) is 0 Å². The molecular formula is C16H26N2O3. The molecule has 0 aromatic carbocycles. The van der Waals surface area contributed by atoms with Crippen LogP contribution in [-0.2, 0) is 9.59 Å². The van der Waals surface area contributed by atoms with Gasteiger partial charge in [0, 0.05) is 19.5 Å². The van der Waals surface area contributed by atoms with Gasteiger partial charge in [0.25, 0.3) is 0 Å². The molecule has 5 nitrogen and oxygen atoms in total. The monoisotopic (exact) mass is 294 g/mol. The van der Waals surface area contributed by atoms with Gasteiger partial charge in [-0.15, -0.1) is 0 Å². The highest BCUT2D eigenvalue weighted by molar-refractivity contribution is 5.85. The molecule has 5 heteroatoms. The van der Waals surface area contributed by atoms with Crippen molar-refractivity contribution in [1.29, 1.82) is 5.26 Å². The van der Waals surface area contributed by atoms with E-state index in [1.807, 2.05) is 13.8 Å². The average Bonchev–Trinajstić information content (AvgIpc) is 2.43. The van der Waals surface area contributed by atoms with Crippen molar-refractivity contribution in [3.63, 3.8) is 0 Å². The number of amides is 1. The van der Waals surface area contributed by atoms with Crippen LogP contribution in [0.15, 0.2) is 0 Å². The number of hydrogen-bond acceptors (Lipinski definition) is 3. The molecule has 0 aliphatic heterocycles. The lowest BCUT2D eigenvalue weighted by Gasteiger charge is -2.35. The van der Waals surface area contributed by atoms with Gasteiger partial charge in [0.2, 0.25) is 5.91 Å². The third-order valence-electron chi connectivity index (χ3n) is 4.19. The van der Waals surface area contributed by atoms with Crippen LogP contribution >= 0.6 is 0 Å². The summed E-state index contributed by atoms with van der Waals surface area (Å²) < 4.78 is 0. The molecule has 1 rings (SSSR count). The molecule has 0 saturated heterocycles.